The number of amides is 1. The molecule has 19 heavy (non-hydrogen) atoms. The van der Waals surface area contributed by atoms with E-state index in [4.69, 9.17) is 0 Å². The topological polar surface area (TPSA) is 78.8 Å². The SMILES string of the molecule is CC(C)C1(C)N=C(C2(C)C=CC2(C)C(=O)O)NC1=O. The molecule has 0 saturated heterocycles. The Labute approximate surface area is 112 Å². The van der Waals surface area contributed by atoms with Crippen LogP contribution in [0.1, 0.15) is 34.6 Å². The molecule has 3 atom stereocenters. The largest absolute Gasteiger partial charge is 0.481 e. The van der Waals surface area contributed by atoms with E-state index in [0.29, 0.717) is 5.84 Å². The van der Waals surface area contributed by atoms with Crippen molar-refractivity contribution >= 4 is 17.7 Å². The number of hydrogen-bond acceptors (Lipinski definition) is 3. The lowest BCUT2D eigenvalue weighted by Crippen LogP contribution is -2.55. The first-order valence-corrected chi connectivity index (χ1v) is 6.43. The molecular weight excluding hydrogens is 244 g/mol. The first-order chi connectivity index (χ1) is 8.58. The van der Waals surface area contributed by atoms with Gasteiger partial charge in [0.25, 0.3) is 5.91 Å². The van der Waals surface area contributed by atoms with Crippen LogP contribution in [-0.2, 0) is 9.59 Å². The van der Waals surface area contributed by atoms with E-state index >= 15 is 0 Å². The number of nitrogens with zero attached hydrogens (tertiary/aromatic N) is 1. The van der Waals surface area contributed by atoms with Crippen LogP contribution in [0.15, 0.2) is 17.1 Å². The number of carbonyl (C=O) groups is 2. The number of rotatable bonds is 3. The van der Waals surface area contributed by atoms with Gasteiger partial charge in [-0.2, -0.15) is 0 Å². The highest BCUT2D eigenvalue weighted by atomic mass is 16.4. The Hall–Kier alpha value is -1.65. The summed E-state index contributed by atoms with van der Waals surface area (Å²) in [6.45, 7) is 9.09. The number of carboxylic acid groups (broad SMARTS) is 1. The summed E-state index contributed by atoms with van der Waals surface area (Å²) in [7, 11) is 0. The molecule has 0 aromatic carbocycles. The first-order valence-electron chi connectivity index (χ1n) is 6.43. The Morgan fingerprint density at radius 3 is 2.21 bits per heavy atom. The molecule has 0 spiro atoms. The van der Waals surface area contributed by atoms with Gasteiger partial charge in [-0.25, -0.2) is 0 Å². The molecule has 0 fully saturated rings. The maximum Gasteiger partial charge on any atom is 0.314 e. The summed E-state index contributed by atoms with van der Waals surface area (Å²) in [6.07, 6.45) is 3.45. The molecular formula is C14H20N2O3. The second kappa shape index (κ2) is 3.68. The van der Waals surface area contributed by atoms with Crippen molar-refractivity contribution in [3.8, 4) is 0 Å². The van der Waals surface area contributed by atoms with Crippen molar-refractivity contribution in [2.75, 3.05) is 0 Å². The third-order valence-corrected chi connectivity index (χ3v) is 4.92. The number of nitrogens with one attached hydrogen (secondary N) is 1. The number of carbonyl (C=O) groups excluding carboxylic acids is 1. The van der Waals surface area contributed by atoms with Crippen molar-refractivity contribution in [1.29, 1.82) is 0 Å². The van der Waals surface area contributed by atoms with Gasteiger partial charge in [0.05, 0.1) is 10.8 Å². The minimum Gasteiger partial charge on any atom is -0.481 e. The van der Waals surface area contributed by atoms with Gasteiger partial charge in [-0.05, 0) is 26.7 Å². The van der Waals surface area contributed by atoms with Crippen LogP contribution >= 0.6 is 0 Å². The predicted molar refractivity (Wildman–Crippen MR) is 71.8 cm³/mol. The summed E-state index contributed by atoms with van der Waals surface area (Å²) in [5.41, 5.74) is -2.61. The second-order valence-electron chi connectivity index (χ2n) is 6.26. The van der Waals surface area contributed by atoms with Crippen molar-refractivity contribution in [3.63, 3.8) is 0 Å². The fraction of sp³-hybridized carbons (Fsp3) is 0.643. The molecule has 0 saturated carbocycles. The summed E-state index contributed by atoms with van der Waals surface area (Å²) in [5.74, 6) is -0.561. The van der Waals surface area contributed by atoms with E-state index in [9.17, 15) is 14.7 Å². The molecule has 5 heteroatoms. The van der Waals surface area contributed by atoms with Gasteiger partial charge in [-0.1, -0.05) is 26.0 Å². The number of amidine groups is 1. The van der Waals surface area contributed by atoms with E-state index in [2.05, 4.69) is 10.3 Å². The molecule has 0 bridgehead atoms. The third kappa shape index (κ3) is 1.50. The van der Waals surface area contributed by atoms with Crippen molar-refractivity contribution in [2.24, 2.45) is 21.7 Å². The molecule has 2 aliphatic rings. The summed E-state index contributed by atoms with van der Waals surface area (Å²) in [6, 6.07) is 0. The molecule has 1 heterocycles. The van der Waals surface area contributed by atoms with Gasteiger partial charge in [0.2, 0.25) is 0 Å². The zero-order chi connectivity index (χ0) is 14.6. The summed E-state index contributed by atoms with van der Waals surface area (Å²) < 4.78 is 0. The average Bonchev–Trinajstić information content (AvgIpc) is 2.63. The Bertz CT molecular complexity index is 523. The number of carboxylic acids is 1. The fourth-order valence-corrected chi connectivity index (χ4v) is 2.38. The second-order valence-corrected chi connectivity index (χ2v) is 6.26. The van der Waals surface area contributed by atoms with Gasteiger partial charge in [-0.3, -0.25) is 14.6 Å². The maximum atomic E-state index is 12.1. The van der Waals surface area contributed by atoms with Crippen molar-refractivity contribution in [3.05, 3.63) is 12.2 Å². The number of hydrogen-bond donors (Lipinski definition) is 2. The molecule has 104 valence electrons. The molecule has 2 N–H and O–H groups in total. The maximum absolute atomic E-state index is 12.1. The quantitative estimate of drug-likeness (QED) is 0.760. The van der Waals surface area contributed by atoms with Crippen molar-refractivity contribution in [1.82, 2.24) is 5.32 Å². The van der Waals surface area contributed by atoms with Crippen LogP contribution in [0.5, 0.6) is 0 Å². The standard InChI is InChI=1S/C14H20N2O3/c1-8(2)14(5)10(17)15-9(16-14)12(3)6-7-13(12,4)11(18)19/h6-8H,1-5H3,(H,18,19)(H,15,16,17). The zero-order valence-corrected chi connectivity index (χ0v) is 11.9. The van der Waals surface area contributed by atoms with E-state index in [1.165, 1.54) is 0 Å². The lowest BCUT2D eigenvalue weighted by atomic mass is 9.56. The van der Waals surface area contributed by atoms with Gasteiger partial charge < -0.3 is 10.4 Å². The molecule has 0 aromatic heterocycles. The average molecular weight is 264 g/mol. The smallest absolute Gasteiger partial charge is 0.314 e. The van der Waals surface area contributed by atoms with Gasteiger partial charge in [0.1, 0.15) is 11.4 Å². The molecule has 1 amide bonds. The lowest BCUT2D eigenvalue weighted by Gasteiger charge is -2.46. The van der Waals surface area contributed by atoms with Crippen LogP contribution in [0.3, 0.4) is 0 Å². The van der Waals surface area contributed by atoms with Crippen LogP contribution in [0.25, 0.3) is 0 Å². The molecule has 1 aliphatic heterocycles. The number of aliphatic imine (C=N–C) groups is 1. The Morgan fingerprint density at radius 2 is 1.89 bits per heavy atom. The Morgan fingerprint density at radius 1 is 1.32 bits per heavy atom. The van der Waals surface area contributed by atoms with Crippen LogP contribution in [0.2, 0.25) is 0 Å². The minimum absolute atomic E-state index is 0.0498. The van der Waals surface area contributed by atoms with Crippen LogP contribution < -0.4 is 5.32 Å². The van der Waals surface area contributed by atoms with E-state index in [0.717, 1.165) is 0 Å². The highest BCUT2D eigenvalue weighted by Crippen LogP contribution is 2.52. The zero-order valence-electron chi connectivity index (χ0n) is 11.9. The van der Waals surface area contributed by atoms with Gasteiger partial charge in [0, 0.05) is 0 Å². The van der Waals surface area contributed by atoms with E-state index in [1.807, 2.05) is 13.8 Å². The molecule has 3 unspecified atom stereocenters. The highest BCUT2D eigenvalue weighted by Gasteiger charge is 2.59. The normalized spacial score (nSPS) is 40.9. The summed E-state index contributed by atoms with van der Waals surface area (Å²) in [5, 5.41) is 12.1. The summed E-state index contributed by atoms with van der Waals surface area (Å²) >= 11 is 0. The monoisotopic (exact) mass is 264 g/mol. The van der Waals surface area contributed by atoms with Gasteiger partial charge >= 0.3 is 5.97 Å². The molecule has 2 rings (SSSR count). The predicted octanol–water partition coefficient (Wildman–Crippen LogP) is 1.60. The van der Waals surface area contributed by atoms with Crippen LogP contribution in [0.4, 0.5) is 0 Å². The van der Waals surface area contributed by atoms with Gasteiger partial charge in [0.15, 0.2) is 0 Å². The van der Waals surface area contributed by atoms with Crippen LogP contribution in [0, 0.1) is 16.7 Å². The molecule has 5 nitrogen and oxygen atoms in total. The van der Waals surface area contributed by atoms with Crippen molar-refractivity contribution in [2.45, 2.75) is 40.2 Å². The third-order valence-electron chi connectivity index (χ3n) is 4.92. The van der Waals surface area contributed by atoms with Gasteiger partial charge in [-0.15, -0.1) is 0 Å². The molecule has 0 radical (unpaired) electrons. The Balaban J connectivity index is 2.44. The van der Waals surface area contributed by atoms with E-state index < -0.39 is 22.3 Å². The van der Waals surface area contributed by atoms with E-state index in [1.54, 1.807) is 32.9 Å². The Kier molecular flexibility index (Phi) is 2.67. The first kappa shape index (κ1) is 13.8. The van der Waals surface area contributed by atoms with Crippen molar-refractivity contribution < 1.29 is 14.7 Å². The van der Waals surface area contributed by atoms with Crippen LogP contribution in [-0.4, -0.2) is 28.4 Å². The fourth-order valence-electron chi connectivity index (χ4n) is 2.38. The molecule has 1 aliphatic carbocycles. The minimum atomic E-state index is -1.03. The highest BCUT2D eigenvalue weighted by molar-refractivity contribution is 6.13. The van der Waals surface area contributed by atoms with E-state index in [-0.39, 0.29) is 11.8 Å². The molecule has 0 aromatic rings. The lowest BCUT2D eigenvalue weighted by molar-refractivity contribution is -0.149. The summed E-state index contributed by atoms with van der Waals surface area (Å²) in [4.78, 5) is 28.1. The number of aliphatic carboxylic acids is 1.